The van der Waals surface area contributed by atoms with Crippen LogP contribution < -0.4 is 4.90 Å². The Morgan fingerprint density at radius 1 is 0.604 bits per heavy atom. The van der Waals surface area contributed by atoms with Crippen LogP contribution in [0.3, 0.4) is 0 Å². The fourth-order valence-electron chi connectivity index (χ4n) is 8.13. The zero-order valence-electron chi connectivity index (χ0n) is 27.7. The van der Waals surface area contributed by atoms with Crippen LogP contribution in [0.2, 0.25) is 0 Å². The van der Waals surface area contributed by atoms with Gasteiger partial charge in [-0.25, -0.2) is 0 Å². The average Bonchev–Trinajstić information content (AvgIpc) is 3.57. The Hall–Kier alpha value is -5.60. The molecule has 232 valence electrons. The summed E-state index contributed by atoms with van der Waals surface area (Å²) in [4.78, 5) is 2.40. The topological polar surface area (TPSA) is 8.17 Å². The van der Waals surface area contributed by atoms with Gasteiger partial charge in [0.1, 0.15) is 0 Å². The van der Waals surface area contributed by atoms with Gasteiger partial charge in [-0.15, -0.1) is 0 Å². The van der Waals surface area contributed by atoms with Crippen molar-refractivity contribution in [2.24, 2.45) is 5.92 Å². The highest BCUT2D eigenvalue weighted by atomic mass is 15.1. The van der Waals surface area contributed by atoms with Gasteiger partial charge in [0, 0.05) is 38.9 Å². The summed E-state index contributed by atoms with van der Waals surface area (Å²) in [6, 6.07) is 53.2. The van der Waals surface area contributed by atoms with Crippen LogP contribution in [0.25, 0.3) is 44.2 Å². The van der Waals surface area contributed by atoms with Crippen LogP contribution in [-0.4, -0.2) is 4.57 Å². The SMILES string of the molecule is CC1C=CC2=C(C1)c1ccc(N(c3ccccc3)c3ccc(-c4ccc5c(c4)c4ccccc4n5-c4ccccc4)cc3)cc1C2(C)C. The van der Waals surface area contributed by atoms with Crippen LogP contribution in [0, 0.1) is 5.92 Å². The molecule has 0 bridgehead atoms. The second-order valence-corrected chi connectivity index (χ2v) is 13.9. The summed E-state index contributed by atoms with van der Waals surface area (Å²) in [5, 5.41) is 2.54. The Labute approximate surface area is 282 Å². The van der Waals surface area contributed by atoms with Gasteiger partial charge < -0.3 is 9.47 Å². The molecule has 0 saturated heterocycles. The summed E-state index contributed by atoms with van der Waals surface area (Å²) in [6.45, 7) is 7.09. The fourth-order valence-corrected chi connectivity index (χ4v) is 8.13. The molecule has 0 radical (unpaired) electrons. The van der Waals surface area contributed by atoms with Crippen molar-refractivity contribution in [2.45, 2.75) is 32.6 Å². The van der Waals surface area contributed by atoms with Gasteiger partial charge in [0.2, 0.25) is 0 Å². The number of allylic oxidation sites excluding steroid dienone is 4. The van der Waals surface area contributed by atoms with Gasteiger partial charge in [0.15, 0.2) is 0 Å². The fraction of sp³-hybridized carbons (Fsp3) is 0.130. The summed E-state index contributed by atoms with van der Waals surface area (Å²) in [6.07, 6.45) is 5.88. The number of para-hydroxylation sites is 3. The molecule has 2 aliphatic carbocycles. The molecule has 1 atom stereocenters. The monoisotopic (exact) mass is 618 g/mol. The highest BCUT2D eigenvalue weighted by molar-refractivity contribution is 6.10. The van der Waals surface area contributed by atoms with E-state index in [-0.39, 0.29) is 5.41 Å². The first-order valence-corrected chi connectivity index (χ1v) is 17.1. The summed E-state index contributed by atoms with van der Waals surface area (Å²) in [7, 11) is 0. The number of hydrogen-bond acceptors (Lipinski definition) is 1. The quantitative estimate of drug-likeness (QED) is 0.186. The van der Waals surface area contributed by atoms with E-state index in [9.17, 15) is 0 Å². The summed E-state index contributed by atoms with van der Waals surface area (Å²) in [5.41, 5.74) is 15.4. The van der Waals surface area contributed by atoms with E-state index in [2.05, 4.69) is 188 Å². The first-order chi connectivity index (χ1) is 23.5. The molecule has 9 rings (SSSR count). The first kappa shape index (κ1) is 28.6. The maximum atomic E-state index is 2.43. The molecule has 48 heavy (non-hydrogen) atoms. The zero-order chi connectivity index (χ0) is 32.4. The van der Waals surface area contributed by atoms with Crippen molar-refractivity contribution in [2.75, 3.05) is 4.90 Å². The Bertz CT molecular complexity index is 2390. The van der Waals surface area contributed by atoms with Gasteiger partial charge in [0.25, 0.3) is 0 Å². The maximum absolute atomic E-state index is 2.43. The number of nitrogens with zero attached hydrogens (tertiary/aromatic N) is 2. The van der Waals surface area contributed by atoms with Crippen LogP contribution in [0.1, 0.15) is 38.3 Å². The van der Waals surface area contributed by atoms with E-state index < -0.39 is 0 Å². The van der Waals surface area contributed by atoms with Gasteiger partial charge in [-0.3, -0.25) is 0 Å². The third-order valence-electron chi connectivity index (χ3n) is 10.5. The van der Waals surface area contributed by atoms with E-state index in [1.807, 2.05) is 0 Å². The highest BCUT2D eigenvalue weighted by Gasteiger charge is 2.38. The lowest BCUT2D eigenvalue weighted by atomic mass is 9.79. The second kappa shape index (κ2) is 11.0. The minimum atomic E-state index is -0.0220. The minimum absolute atomic E-state index is 0.0220. The van der Waals surface area contributed by atoms with Crippen molar-refractivity contribution >= 4 is 44.4 Å². The van der Waals surface area contributed by atoms with Crippen molar-refractivity contribution in [3.05, 3.63) is 174 Å². The Morgan fingerprint density at radius 2 is 1.25 bits per heavy atom. The number of anilines is 3. The van der Waals surface area contributed by atoms with Crippen LogP contribution in [0.15, 0.2) is 163 Å². The third kappa shape index (κ3) is 4.47. The van der Waals surface area contributed by atoms with E-state index in [1.54, 1.807) is 0 Å². The number of aromatic nitrogens is 1. The number of rotatable bonds is 5. The lowest BCUT2D eigenvalue weighted by Crippen LogP contribution is -2.18. The standard InChI is InChI=1S/C46H38N2/c1-31-18-26-42-40(28-31)38-25-24-37(30-43(38)46(42,2)3)47(34-12-6-4-7-13-34)36-22-19-32(20-23-36)33-21-27-45-41(29-33)39-16-10-11-17-44(39)48(45)35-14-8-5-9-15-35/h4-27,29-31H,28H2,1-3H3. The Balaban J connectivity index is 1.12. The van der Waals surface area contributed by atoms with Crippen molar-refractivity contribution in [1.29, 1.82) is 0 Å². The molecule has 2 aliphatic rings. The Kier molecular flexibility index (Phi) is 6.55. The van der Waals surface area contributed by atoms with Gasteiger partial charge in [-0.1, -0.05) is 112 Å². The van der Waals surface area contributed by atoms with Gasteiger partial charge >= 0.3 is 0 Å². The third-order valence-corrected chi connectivity index (χ3v) is 10.5. The molecule has 0 spiro atoms. The van der Waals surface area contributed by atoms with Gasteiger partial charge in [0.05, 0.1) is 11.0 Å². The molecule has 1 heterocycles. The zero-order valence-corrected chi connectivity index (χ0v) is 27.7. The van der Waals surface area contributed by atoms with E-state index in [0.29, 0.717) is 5.92 Å². The average molecular weight is 619 g/mol. The normalized spacial score (nSPS) is 16.4. The van der Waals surface area contributed by atoms with E-state index >= 15 is 0 Å². The highest BCUT2D eigenvalue weighted by Crippen LogP contribution is 2.52. The summed E-state index contributed by atoms with van der Waals surface area (Å²) < 4.78 is 2.37. The minimum Gasteiger partial charge on any atom is -0.310 e. The molecule has 0 N–H and O–H groups in total. The summed E-state index contributed by atoms with van der Waals surface area (Å²) >= 11 is 0. The van der Waals surface area contributed by atoms with Gasteiger partial charge in [-0.05, 0) is 112 Å². The number of fused-ring (bicyclic) bond motifs is 5. The second-order valence-electron chi connectivity index (χ2n) is 13.9. The lowest BCUT2D eigenvalue weighted by molar-refractivity contribution is 0.643. The summed E-state index contributed by atoms with van der Waals surface area (Å²) in [5.74, 6) is 0.577. The molecule has 2 heteroatoms. The van der Waals surface area contributed by atoms with Crippen LogP contribution in [-0.2, 0) is 5.41 Å². The molecule has 2 nitrogen and oxygen atoms in total. The molecule has 6 aromatic carbocycles. The largest absolute Gasteiger partial charge is 0.310 e. The Morgan fingerprint density at radius 3 is 2.04 bits per heavy atom. The van der Waals surface area contributed by atoms with Crippen molar-refractivity contribution in [3.8, 4) is 16.8 Å². The van der Waals surface area contributed by atoms with Crippen molar-refractivity contribution in [1.82, 2.24) is 4.57 Å². The number of benzene rings is 6. The molecular formula is C46H38N2. The van der Waals surface area contributed by atoms with Crippen LogP contribution >= 0.6 is 0 Å². The molecule has 1 aromatic heterocycles. The molecule has 0 saturated carbocycles. The molecule has 1 unspecified atom stereocenters. The lowest BCUT2D eigenvalue weighted by Gasteiger charge is -2.29. The van der Waals surface area contributed by atoms with Crippen molar-refractivity contribution in [3.63, 3.8) is 0 Å². The van der Waals surface area contributed by atoms with Gasteiger partial charge in [-0.2, -0.15) is 0 Å². The molecular weight excluding hydrogens is 581 g/mol. The molecule has 0 fully saturated rings. The first-order valence-electron chi connectivity index (χ1n) is 17.1. The smallest absolute Gasteiger partial charge is 0.0541 e. The van der Waals surface area contributed by atoms with E-state index in [0.717, 1.165) is 17.8 Å². The van der Waals surface area contributed by atoms with E-state index in [1.165, 1.54) is 66.6 Å². The predicted octanol–water partition coefficient (Wildman–Crippen LogP) is 12.6. The van der Waals surface area contributed by atoms with Crippen LogP contribution in [0.5, 0.6) is 0 Å². The van der Waals surface area contributed by atoms with Crippen LogP contribution in [0.4, 0.5) is 17.1 Å². The molecule has 0 amide bonds. The maximum Gasteiger partial charge on any atom is 0.0541 e. The number of hydrogen-bond donors (Lipinski definition) is 0. The predicted molar refractivity (Wildman–Crippen MR) is 204 cm³/mol. The van der Waals surface area contributed by atoms with Crippen molar-refractivity contribution < 1.29 is 0 Å². The van der Waals surface area contributed by atoms with E-state index in [4.69, 9.17) is 0 Å². The molecule has 7 aromatic rings. The molecule has 0 aliphatic heterocycles.